The molecule has 162 valence electrons. The lowest BCUT2D eigenvalue weighted by atomic mass is 9.73. The van der Waals surface area contributed by atoms with Crippen molar-refractivity contribution in [3.8, 4) is 0 Å². The van der Waals surface area contributed by atoms with Crippen molar-refractivity contribution < 1.29 is 19.1 Å². The van der Waals surface area contributed by atoms with Crippen LogP contribution >= 0.6 is 23.2 Å². The van der Waals surface area contributed by atoms with Gasteiger partial charge in [-0.15, -0.1) is 0 Å². The van der Waals surface area contributed by atoms with E-state index in [2.05, 4.69) is 5.32 Å². The Labute approximate surface area is 186 Å². The fourth-order valence-corrected chi connectivity index (χ4v) is 4.42. The van der Waals surface area contributed by atoms with E-state index in [1.165, 1.54) is 0 Å². The smallest absolute Gasteiger partial charge is 0.336 e. The average Bonchev–Trinajstić information content (AvgIpc) is 2.69. The number of rotatable bonds is 7. The molecule has 3 rings (SSSR count). The molecular weight excluding hydrogens is 427 g/mol. The Kier molecular flexibility index (Phi) is 7.58. The topological polar surface area (TPSA) is 90.7 Å². The lowest BCUT2D eigenvalue weighted by Gasteiger charge is -2.36. The van der Waals surface area contributed by atoms with Crippen LogP contribution in [-0.2, 0) is 19.1 Å². The molecule has 8 heteroatoms. The molecule has 0 amide bonds. The zero-order valence-corrected chi connectivity index (χ0v) is 18.6. The fraction of sp³-hybridized carbons (Fsp3) is 0.455. The minimum Gasteiger partial charge on any atom is -0.463 e. The van der Waals surface area contributed by atoms with Gasteiger partial charge in [-0.1, -0.05) is 30.1 Å². The highest BCUT2D eigenvalue weighted by Crippen LogP contribution is 2.46. The molecule has 1 aromatic rings. The van der Waals surface area contributed by atoms with Gasteiger partial charge in [0.1, 0.15) is 0 Å². The first-order chi connectivity index (χ1) is 14.4. The molecule has 2 unspecified atom stereocenters. The van der Waals surface area contributed by atoms with Gasteiger partial charge in [0, 0.05) is 40.2 Å². The fourth-order valence-electron chi connectivity index (χ4n) is 4.02. The van der Waals surface area contributed by atoms with Gasteiger partial charge in [0.2, 0.25) is 0 Å². The van der Waals surface area contributed by atoms with Crippen molar-refractivity contribution >= 4 is 35.0 Å². The maximum absolute atomic E-state index is 13.1. The number of hydrogen-bond donors (Lipinski definition) is 2. The van der Waals surface area contributed by atoms with Crippen LogP contribution in [0.3, 0.4) is 0 Å². The monoisotopic (exact) mass is 452 g/mol. The number of benzene rings is 1. The van der Waals surface area contributed by atoms with Crippen molar-refractivity contribution in [1.82, 2.24) is 5.32 Å². The number of ether oxygens (including phenoxy) is 2. The molecule has 2 aliphatic rings. The van der Waals surface area contributed by atoms with Crippen molar-refractivity contribution in [1.29, 1.82) is 0 Å². The van der Waals surface area contributed by atoms with Crippen molar-refractivity contribution in [2.24, 2.45) is 11.7 Å². The molecule has 1 aromatic carbocycles. The molecule has 0 spiro atoms. The molecule has 2 atom stereocenters. The predicted octanol–water partition coefficient (Wildman–Crippen LogP) is 3.73. The minimum atomic E-state index is -0.678. The van der Waals surface area contributed by atoms with Crippen LogP contribution in [0.15, 0.2) is 40.7 Å². The number of dihydropyridines is 1. The largest absolute Gasteiger partial charge is 0.463 e. The molecule has 1 heterocycles. The summed E-state index contributed by atoms with van der Waals surface area (Å²) in [6.45, 7) is 4.80. The summed E-state index contributed by atoms with van der Waals surface area (Å²) in [5, 5.41) is 4.19. The maximum Gasteiger partial charge on any atom is 0.336 e. The first-order valence-electron chi connectivity index (χ1n) is 10.0. The molecule has 1 aliphatic carbocycles. The van der Waals surface area contributed by atoms with E-state index in [1.54, 1.807) is 25.1 Å². The van der Waals surface area contributed by atoms with Gasteiger partial charge in [-0.3, -0.25) is 4.79 Å². The summed E-state index contributed by atoms with van der Waals surface area (Å²) in [5.74, 6) is -1.02. The summed E-state index contributed by atoms with van der Waals surface area (Å²) >= 11 is 12.8. The summed E-state index contributed by atoms with van der Waals surface area (Å²) in [6, 6.07) is 5.05. The summed E-state index contributed by atoms with van der Waals surface area (Å²) in [5.41, 5.74) is 8.36. The normalized spacial score (nSPS) is 21.4. The van der Waals surface area contributed by atoms with E-state index in [0.717, 1.165) is 5.70 Å². The third-order valence-corrected chi connectivity index (χ3v) is 5.77. The van der Waals surface area contributed by atoms with Crippen LogP contribution < -0.4 is 11.1 Å². The molecule has 0 saturated heterocycles. The maximum atomic E-state index is 13.1. The summed E-state index contributed by atoms with van der Waals surface area (Å²) in [7, 11) is 0. The summed E-state index contributed by atoms with van der Waals surface area (Å²) in [4.78, 5) is 26.2. The lowest BCUT2D eigenvalue weighted by molar-refractivity contribution is -0.139. The molecule has 30 heavy (non-hydrogen) atoms. The molecule has 0 radical (unpaired) electrons. The molecule has 6 nitrogen and oxygen atoms in total. The molecular formula is C22H26Cl2N2O4. The van der Waals surface area contributed by atoms with Crippen molar-refractivity contribution in [3.63, 3.8) is 0 Å². The van der Waals surface area contributed by atoms with E-state index in [-0.39, 0.29) is 24.9 Å². The molecule has 0 aromatic heterocycles. The number of Topliss-reactive ketones (excluding diaryl/α,β-unsaturated/α-hetero) is 1. The van der Waals surface area contributed by atoms with Gasteiger partial charge in [0.15, 0.2) is 5.78 Å². The lowest BCUT2D eigenvalue weighted by Crippen LogP contribution is -2.38. The molecule has 1 aliphatic heterocycles. The van der Waals surface area contributed by atoms with E-state index >= 15 is 0 Å². The zero-order chi connectivity index (χ0) is 21.8. The molecule has 0 saturated carbocycles. The van der Waals surface area contributed by atoms with E-state index < -0.39 is 11.9 Å². The molecule has 3 N–H and O–H groups in total. The number of carbonyl (C=O) groups is 2. The average molecular weight is 453 g/mol. The third-order valence-electron chi connectivity index (χ3n) is 5.19. The number of ketones is 1. The Morgan fingerprint density at radius 1 is 1.30 bits per heavy atom. The highest BCUT2D eigenvalue weighted by atomic mass is 35.5. The number of carbonyl (C=O) groups excluding carboxylic acids is 2. The van der Waals surface area contributed by atoms with Gasteiger partial charge in [-0.05, 0) is 43.0 Å². The highest BCUT2D eigenvalue weighted by molar-refractivity contribution is 6.33. The van der Waals surface area contributed by atoms with Crippen LogP contribution in [0.1, 0.15) is 38.2 Å². The second-order valence-corrected chi connectivity index (χ2v) is 8.35. The van der Waals surface area contributed by atoms with Crippen molar-refractivity contribution in [2.75, 3.05) is 26.4 Å². The van der Waals surface area contributed by atoms with Crippen LogP contribution in [0.5, 0.6) is 0 Å². The molecule has 0 fully saturated rings. The third kappa shape index (κ3) is 4.72. The van der Waals surface area contributed by atoms with E-state index in [9.17, 15) is 9.59 Å². The Morgan fingerprint density at radius 3 is 2.77 bits per heavy atom. The van der Waals surface area contributed by atoms with Gasteiger partial charge in [-0.2, -0.15) is 0 Å². The van der Waals surface area contributed by atoms with E-state index in [0.29, 0.717) is 58.4 Å². The first-order valence-corrected chi connectivity index (χ1v) is 10.8. The second kappa shape index (κ2) is 9.96. The van der Waals surface area contributed by atoms with E-state index in [4.69, 9.17) is 38.4 Å². The number of allylic oxidation sites excluding steroid dienone is 2. The summed E-state index contributed by atoms with van der Waals surface area (Å²) < 4.78 is 11.0. The van der Waals surface area contributed by atoms with Gasteiger partial charge >= 0.3 is 5.97 Å². The predicted molar refractivity (Wildman–Crippen MR) is 116 cm³/mol. The van der Waals surface area contributed by atoms with Gasteiger partial charge in [-0.25, -0.2) is 4.79 Å². The Hall–Kier alpha value is -1.86. The Balaban J connectivity index is 2.21. The van der Waals surface area contributed by atoms with Crippen LogP contribution in [0.2, 0.25) is 10.0 Å². The summed E-state index contributed by atoms with van der Waals surface area (Å²) in [6.07, 6.45) is 1.09. The van der Waals surface area contributed by atoms with Gasteiger partial charge in [0.05, 0.1) is 31.1 Å². The second-order valence-electron chi connectivity index (χ2n) is 7.51. The number of nitrogens with two attached hydrogens (primary N) is 1. The van der Waals surface area contributed by atoms with Gasteiger partial charge < -0.3 is 20.5 Å². The quantitative estimate of drug-likeness (QED) is 0.483. The number of esters is 1. The van der Waals surface area contributed by atoms with Crippen molar-refractivity contribution in [2.45, 2.75) is 32.6 Å². The number of nitrogens with one attached hydrogen (secondary N) is 1. The van der Waals surface area contributed by atoms with Crippen LogP contribution in [0.4, 0.5) is 0 Å². The highest BCUT2D eigenvalue weighted by Gasteiger charge is 2.42. The zero-order valence-electron chi connectivity index (χ0n) is 17.1. The number of halogens is 2. The Morgan fingerprint density at radius 2 is 2.07 bits per heavy atom. The first kappa shape index (κ1) is 22.8. The standard InChI is InChI=1S/C22H26Cl2N2O4/c1-3-30-22(28)21-17(11-29-7-6-25)26-16-8-12(2)9-18(27)20(16)19(21)14-10-13(23)4-5-15(14)24/h4-5,10,12,19,26H,3,6-9,11,25H2,1-2H3. The SMILES string of the molecule is CCOC(=O)C1=C(COCCN)NC2=C(C(=O)CC(C)C2)C1c1cc(Cl)ccc1Cl. The van der Waals surface area contributed by atoms with Gasteiger partial charge in [0.25, 0.3) is 0 Å². The minimum absolute atomic E-state index is 0.0129. The van der Waals surface area contributed by atoms with Crippen LogP contribution in [0, 0.1) is 5.92 Å². The van der Waals surface area contributed by atoms with Crippen molar-refractivity contribution in [3.05, 3.63) is 56.3 Å². The van der Waals surface area contributed by atoms with E-state index in [1.807, 2.05) is 6.92 Å². The van der Waals surface area contributed by atoms with Crippen LogP contribution in [-0.4, -0.2) is 38.1 Å². The number of hydrogen-bond acceptors (Lipinski definition) is 6. The Bertz CT molecular complexity index is 910. The molecule has 0 bridgehead atoms. The van der Waals surface area contributed by atoms with Crippen LogP contribution in [0.25, 0.3) is 0 Å².